The zero-order chi connectivity index (χ0) is 17.4. The molecule has 134 valence electrons. The number of ether oxygens (including phenoxy) is 3. The molecule has 0 amide bonds. The Kier molecular flexibility index (Phi) is 5.04. The van der Waals surface area contributed by atoms with Gasteiger partial charge in [0.25, 0.3) is 0 Å². The second-order valence-corrected chi connectivity index (χ2v) is 7.62. The van der Waals surface area contributed by atoms with Gasteiger partial charge in [-0.05, 0) is 44.9 Å². The summed E-state index contributed by atoms with van der Waals surface area (Å²) in [7, 11) is 0. The van der Waals surface area contributed by atoms with E-state index in [0.29, 0.717) is 18.8 Å². The summed E-state index contributed by atoms with van der Waals surface area (Å²) in [4.78, 5) is 36.0. The van der Waals surface area contributed by atoms with Crippen molar-refractivity contribution >= 4 is 29.5 Å². The van der Waals surface area contributed by atoms with Crippen molar-refractivity contribution in [2.75, 3.05) is 0 Å². The Morgan fingerprint density at radius 2 is 2.00 bits per heavy atom. The first-order valence-corrected chi connectivity index (χ1v) is 9.08. The van der Waals surface area contributed by atoms with Crippen molar-refractivity contribution in [2.45, 2.75) is 69.6 Å². The van der Waals surface area contributed by atoms with Crippen molar-refractivity contribution in [2.24, 2.45) is 17.8 Å². The van der Waals surface area contributed by atoms with Crippen LogP contribution in [0, 0.1) is 17.8 Å². The Morgan fingerprint density at radius 1 is 1.25 bits per heavy atom. The molecular weight excluding hydrogens is 336 g/mol. The zero-order valence-electron chi connectivity index (χ0n) is 13.9. The molecule has 0 aromatic heterocycles. The van der Waals surface area contributed by atoms with Crippen LogP contribution in [-0.2, 0) is 28.6 Å². The molecule has 2 aliphatic heterocycles. The number of hydrogen-bond acceptors (Lipinski definition) is 6. The summed E-state index contributed by atoms with van der Waals surface area (Å²) in [6, 6.07) is 0. The molecule has 2 aliphatic carbocycles. The van der Waals surface area contributed by atoms with E-state index in [2.05, 4.69) is 0 Å². The molecule has 7 atom stereocenters. The summed E-state index contributed by atoms with van der Waals surface area (Å²) >= 11 is 5.81. The van der Waals surface area contributed by atoms with E-state index in [4.69, 9.17) is 25.8 Å². The molecule has 0 N–H and O–H groups in total. The van der Waals surface area contributed by atoms with Gasteiger partial charge in [0.1, 0.15) is 17.6 Å². The highest BCUT2D eigenvalue weighted by atomic mass is 35.5. The number of alkyl halides is 1. The normalized spacial score (nSPS) is 36.5. The smallest absolute Gasteiger partial charge is 0.347 e. The molecule has 7 heteroatoms. The molecule has 6 nitrogen and oxygen atoms in total. The van der Waals surface area contributed by atoms with E-state index < -0.39 is 29.5 Å². The maximum absolute atomic E-state index is 12.3. The summed E-state index contributed by atoms with van der Waals surface area (Å²) in [5.41, 5.74) is 0. The largest absolute Gasteiger partial charge is 0.458 e. The second kappa shape index (κ2) is 6.90. The van der Waals surface area contributed by atoms with E-state index in [9.17, 15) is 14.4 Å². The van der Waals surface area contributed by atoms with Crippen LogP contribution in [0.5, 0.6) is 0 Å². The number of rotatable bonds is 5. The molecule has 2 heterocycles. The van der Waals surface area contributed by atoms with Gasteiger partial charge in [-0.1, -0.05) is 6.92 Å². The average molecular weight is 359 g/mol. The van der Waals surface area contributed by atoms with Gasteiger partial charge in [-0.15, -0.1) is 11.6 Å². The molecule has 4 aliphatic rings. The minimum Gasteiger partial charge on any atom is -0.458 e. The Morgan fingerprint density at radius 3 is 2.71 bits per heavy atom. The van der Waals surface area contributed by atoms with Crippen LogP contribution >= 0.6 is 11.6 Å². The number of halogens is 1. The van der Waals surface area contributed by atoms with Crippen LogP contribution in [0.2, 0.25) is 0 Å². The van der Waals surface area contributed by atoms with E-state index in [0.717, 1.165) is 19.3 Å². The lowest BCUT2D eigenvalue weighted by molar-refractivity contribution is -0.184. The first kappa shape index (κ1) is 17.5. The van der Waals surface area contributed by atoms with E-state index >= 15 is 0 Å². The zero-order valence-corrected chi connectivity index (χ0v) is 14.7. The van der Waals surface area contributed by atoms with Gasteiger partial charge < -0.3 is 14.2 Å². The van der Waals surface area contributed by atoms with Gasteiger partial charge in [-0.25, -0.2) is 4.79 Å². The quantitative estimate of drug-likeness (QED) is 0.426. The lowest BCUT2D eigenvalue weighted by atomic mass is 9.67. The molecule has 0 radical (unpaired) electrons. The Bertz CT molecular complexity index is 535. The molecule has 0 spiro atoms. The molecule has 2 saturated heterocycles. The highest BCUT2D eigenvalue weighted by molar-refractivity contribution is 6.29. The summed E-state index contributed by atoms with van der Waals surface area (Å²) in [6.45, 7) is 3.23. The van der Waals surface area contributed by atoms with Gasteiger partial charge >= 0.3 is 17.9 Å². The molecular formula is C17H23ClO6. The van der Waals surface area contributed by atoms with Crippen LogP contribution < -0.4 is 0 Å². The van der Waals surface area contributed by atoms with E-state index in [1.54, 1.807) is 6.92 Å². The highest BCUT2D eigenvalue weighted by Crippen LogP contribution is 2.48. The monoisotopic (exact) mass is 358 g/mol. The molecule has 24 heavy (non-hydrogen) atoms. The summed E-state index contributed by atoms with van der Waals surface area (Å²) < 4.78 is 16.2. The predicted molar refractivity (Wildman–Crippen MR) is 84.2 cm³/mol. The molecule has 4 fully saturated rings. The third-order valence-corrected chi connectivity index (χ3v) is 5.82. The number of esters is 3. The van der Waals surface area contributed by atoms with E-state index in [1.807, 2.05) is 0 Å². The fourth-order valence-electron chi connectivity index (χ4n) is 4.13. The number of carbonyl (C=O) groups is 3. The molecule has 0 aromatic rings. The SMILES string of the molecule is CCC(Cl)C(=O)OC(C)C(=O)OC1C2CC3CC(C2)C(=O)OC1C3. The minimum absolute atomic E-state index is 0.0701. The molecule has 2 saturated carbocycles. The maximum Gasteiger partial charge on any atom is 0.347 e. The molecule has 4 bridgehead atoms. The average Bonchev–Trinajstić information content (AvgIpc) is 2.71. The lowest BCUT2D eigenvalue weighted by Gasteiger charge is -2.41. The second-order valence-electron chi connectivity index (χ2n) is 7.10. The van der Waals surface area contributed by atoms with Gasteiger partial charge in [-0.3, -0.25) is 9.59 Å². The van der Waals surface area contributed by atoms with Gasteiger partial charge in [0.15, 0.2) is 6.10 Å². The van der Waals surface area contributed by atoms with Gasteiger partial charge in [0.05, 0.1) is 5.92 Å². The minimum atomic E-state index is -1.03. The van der Waals surface area contributed by atoms with Gasteiger partial charge in [0, 0.05) is 5.92 Å². The van der Waals surface area contributed by atoms with Crippen LogP contribution in [0.15, 0.2) is 0 Å². The van der Waals surface area contributed by atoms with Crippen molar-refractivity contribution in [3.63, 3.8) is 0 Å². The third kappa shape index (κ3) is 3.39. The standard InChI is InChI=1S/C17H23ClO6/c1-3-12(18)17(21)22-8(2)15(19)24-14-10-4-9-5-11(7-10)16(20)23-13(14)6-9/h8-14H,3-7H2,1-2H3. The highest BCUT2D eigenvalue weighted by Gasteiger charge is 2.52. The number of carbonyl (C=O) groups excluding carboxylic acids is 3. The Hall–Kier alpha value is -1.30. The van der Waals surface area contributed by atoms with E-state index in [1.165, 1.54) is 6.92 Å². The van der Waals surface area contributed by atoms with Crippen molar-refractivity contribution in [1.82, 2.24) is 0 Å². The maximum atomic E-state index is 12.3. The Labute approximate surface area is 146 Å². The molecule has 4 rings (SSSR count). The number of hydrogen-bond donors (Lipinski definition) is 0. The Balaban J connectivity index is 1.62. The third-order valence-electron chi connectivity index (χ3n) is 5.33. The van der Waals surface area contributed by atoms with Crippen LogP contribution in [0.3, 0.4) is 0 Å². The first-order valence-electron chi connectivity index (χ1n) is 8.64. The fraction of sp³-hybridized carbons (Fsp3) is 0.824. The molecule has 0 aromatic carbocycles. The summed E-state index contributed by atoms with van der Waals surface area (Å²) in [6.07, 6.45) is 1.86. The van der Waals surface area contributed by atoms with Crippen molar-refractivity contribution in [3.05, 3.63) is 0 Å². The van der Waals surface area contributed by atoms with Crippen LogP contribution in [0.4, 0.5) is 0 Å². The van der Waals surface area contributed by atoms with Gasteiger partial charge in [-0.2, -0.15) is 0 Å². The predicted octanol–water partition coefficient (Wildman–Crippen LogP) is 2.21. The summed E-state index contributed by atoms with van der Waals surface area (Å²) in [5.74, 6) is -0.870. The van der Waals surface area contributed by atoms with Gasteiger partial charge in [0.2, 0.25) is 0 Å². The van der Waals surface area contributed by atoms with Crippen molar-refractivity contribution in [3.8, 4) is 0 Å². The summed E-state index contributed by atoms with van der Waals surface area (Å²) in [5, 5.41) is -0.773. The lowest BCUT2D eigenvalue weighted by Crippen LogP contribution is -2.46. The first-order chi connectivity index (χ1) is 11.4. The van der Waals surface area contributed by atoms with E-state index in [-0.39, 0.29) is 23.9 Å². The van der Waals surface area contributed by atoms with Crippen LogP contribution in [-0.4, -0.2) is 41.6 Å². The fourth-order valence-corrected chi connectivity index (χ4v) is 4.18. The molecule has 7 unspecified atom stereocenters. The van der Waals surface area contributed by atoms with Crippen LogP contribution in [0.1, 0.15) is 46.0 Å². The van der Waals surface area contributed by atoms with Crippen molar-refractivity contribution in [1.29, 1.82) is 0 Å². The van der Waals surface area contributed by atoms with Crippen LogP contribution in [0.25, 0.3) is 0 Å². The topological polar surface area (TPSA) is 78.9 Å². The van der Waals surface area contributed by atoms with Crippen molar-refractivity contribution < 1.29 is 28.6 Å². The number of fused-ring (bicyclic) bond motifs is 1.